The average molecular weight is 237 g/mol. The molecule has 84 valence electrons. The molecule has 0 saturated carbocycles. The number of thiophene rings is 1. The van der Waals surface area contributed by atoms with Gasteiger partial charge in [-0.3, -0.25) is 4.79 Å². The maximum Gasteiger partial charge on any atom is 0.229 e. The van der Waals surface area contributed by atoms with Crippen molar-refractivity contribution in [3.63, 3.8) is 0 Å². The van der Waals surface area contributed by atoms with Gasteiger partial charge in [0, 0.05) is 10.9 Å². The maximum atomic E-state index is 10.5. The number of ether oxygens (including phenoxy) is 2. The zero-order valence-electron chi connectivity index (χ0n) is 8.56. The van der Waals surface area contributed by atoms with Gasteiger partial charge in [0.05, 0.1) is 24.5 Å². The molecule has 5 heteroatoms. The molecule has 16 heavy (non-hydrogen) atoms. The third kappa shape index (κ3) is 2.83. The monoisotopic (exact) mass is 237 g/mol. The van der Waals surface area contributed by atoms with Gasteiger partial charge in [0.2, 0.25) is 5.91 Å². The Hall–Kier alpha value is -1.35. The first-order valence-corrected chi connectivity index (χ1v) is 5.72. The standard InChI is InChI=1S/C11H11NO3S/c12-10(13)3-1-2-8-6-9(16-7-8)11-14-4-5-15-11/h6-7,11H,3-5H2,(H2,12,13). The molecule has 0 atom stereocenters. The molecule has 2 N–H and O–H groups in total. The summed E-state index contributed by atoms with van der Waals surface area (Å²) in [5, 5.41) is 1.91. The molecule has 1 aromatic rings. The Balaban J connectivity index is 2.00. The van der Waals surface area contributed by atoms with E-state index in [1.807, 2.05) is 11.4 Å². The van der Waals surface area contributed by atoms with Crippen LogP contribution in [0.5, 0.6) is 0 Å². The second-order valence-electron chi connectivity index (χ2n) is 3.26. The Labute approximate surface area is 97.3 Å². The molecule has 0 unspecified atom stereocenters. The van der Waals surface area contributed by atoms with Crippen LogP contribution < -0.4 is 5.73 Å². The lowest BCUT2D eigenvalue weighted by atomic mass is 10.3. The highest BCUT2D eigenvalue weighted by atomic mass is 32.1. The molecular formula is C11H11NO3S. The highest BCUT2D eigenvalue weighted by Gasteiger charge is 2.19. The number of carbonyl (C=O) groups is 1. The number of nitrogens with two attached hydrogens (primary N) is 1. The van der Waals surface area contributed by atoms with Crippen molar-refractivity contribution in [1.29, 1.82) is 0 Å². The smallest absolute Gasteiger partial charge is 0.229 e. The van der Waals surface area contributed by atoms with Crippen LogP contribution in [-0.2, 0) is 14.3 Å². The molecule has 2 rings (SSSR count). The summed E-state index contributed by atoms with van der Waals surface area (Å²) in [7, 11) is 0. The second kappa shape index (κ2) is 5.12. The molecule has 1 fully saturated rings. The van der Waals surface area contributed by atoms with Crippen molar-refractivity contribution >= 4 is 17.2 Å². The average Bonchev–Trinajstić information content (AvgIpc) is 2.85. The molecule has 1 amide bonds. The van der Waals surface area contributed by atoms with E-state index < -0.39 is 5.91 Å². The van der Waals surface area contributed by atoms with Gasteiger partial charge in [0.25, 0.3) is 0 Å². The van der Waals surface area contributed by atoms with Gasteiger partial charge in [-0.2, -0.15) is 0 Å². The summed E-state index contributed by atoms with van der Waals surface area (Å²) in [5.41, 5.74) is 5.84. The minimum absolute atomic E-state index is 0.0849. The van der Waals surface area contributed by atoms with E-state index >= 15 is 0 Å². The van der Waals surface area contributed by atoms with Gasteiger partial charge in [-0.05, 0) is 6.07 Å². The molecular weight excluding hydrogens is 226 g/mol. The first-order chi connectivity index (χ1) is 7.75. The highest BCUT2D eigenvalue weighted by molar-refractivity contribution is 7.10. The molecule has 0 aliphatic carbocycles. The van der Waals surface area contributed by atoms with Gasteiger partial charge in [0.15, 0.2) is 6.29 Å². The van der Waals surface area contributed by atoms with Crippen molar-refractivity contribution in [2.75, 3.05) is 13.2 Å². The number of hydrogen-bond acceptors (Lipinski definition) is 4. The summed E-state index contributed by atoms with van der Waals surface area (Å²) in [6.07, 6.45) is -0.168. The van der Waals surface area contributed by atoms with Crippen molar-refractivity contribution < 1.29 is 14.3 Å². The predicted molar refractivity (Wildman–Crippen MR) is 59.7 cm³/mol. The minimum Gasteiger partial charge on any atom is -0.369 e. The quantitative estimate of drug-likeness (QED) is 0.781. The van der Waals surface area contributed by atoms with E-state index in [2.05, 4.69) is 11.8 Å². The van der Waals surface area contributed by atoms with Crippen LogP contribution in [0.3, 0.4) is 0 Å². The SMILES string of the molecule is NC(=O)CC#Cc1csc(C2OCCO2)c1. The molecule has 1 aromatic heterocycles. The van der Waals surface area contributed by atoms with Crippen LogP contribution in [0.2, 0.25) is 0 Å². The van der Waals surface area contributed by atoms with Crippen LogP contribution in [0.1, 0.15) is 23.2 Å². The number of hydrogen-bond donors (Lipinski definition) is 1. The van der Waals surface area contributed by atoms with E-state index in [1.165, 1.54) is 11.3 Å². The van der Waals surface area contributed by atoms with E-state index in [-0.39, 0.29) is 12.7 Å². The zero-order chi connectivity index (χ0) is 11.4. The fourth-order valence-electron chi connectivity index (χ4n) is 1.30. The fraction of sp³-hybridized carbons (Fsp3) is 0.364. The van der Waals surface area contributed by atoms with Crippen molar-refractivity contribution in [3.05, 3.63) is 21.9 Å². The van der Waals surface area contributed by atoms with E-state index in [1.54, 1.807) is 0 Å². The lowest BCUT2D eigenvalue weighted by molar-refractivity contribution is -0.117. The van der Waals surface area contributed by atoms with Gasteiger partial charge in [-0.25, -0.2) is 0 Å². The van der Waals surface area contributed by atoms with Crippen LogP contribution in [0.15, 0.2) is 11.4 Å². The third-order valence-electron chi connectivity index (χ3n) is 1.97. The summed E-state index contributed by atoms with van der Waals surface area (Å²) in [6.45, 7) is 1.26. The first-order valence-electron chi connectivity index (χ1n) is 4.84. The van der Waals surface area contributed by atoms with E-state index in [0.717, 1.165) is 10.4 Å². The Morgan fingerprint density at radius 2 is 2.31 bits per heavy atom. The van der Waals surface area contributed by atoms with Crippen molar-refractivity contribution in [2.45, 2.75) is 12.7 Å². The third-order valence-corrected chi connectivity index (χ3v) is 2.92. The summed E-state index contributed by atoms with van der Waals surface area (Å²) in [6, 6.07) is 1.91. The van der Waals surface area contributed by atoms with Crippen LogP contribution in [0.25, 0.3) is 0 Å². The van der Waals surface area contributed by atoms with Crippen molar-refractivity contribution in [3.8, 4) is 11.8 Å². The molecule has 0 bridgehead atoms. The normalized spacial score (nSPS) is 15.8. The molecule has 2 heterocycles. The number of primary amides is 1. The number of rotatable bonds is 2. The van der Waals surface area contributed by atoms with Gasteiger partial charge in [-0.15, -0.1) is 11.3 Å². The molecule has 1 saturated heterocycles. The lowest BCUT2D eigenvalue weighted by Gasteiger charge is -2.03. The van der Waals surface area contributed by atoms with Crippen LogP contribution in [0.4, 0.5) is 0 Å². The summed E-state index contributed by atoms with van der Waals surface area (Å²) in [4.78, 5) is 11.5. The van der Waals surface area contributed by atoms with Gasteiger partial charge in [0.1, 0.15) is 0 Å². The lowest BCUT2D eigenvalue weighted by Crippen LogP contribution is -2.08. The van der Waals surface area contributed by atoms with Crippen LogP contribution in [-0.4, -0.2) is 19.1 Å². The molecule has 4 nitrogen and oxygen atoms in total. The second-order valence-corrected chi connectivity index (χ2v) is 4.20. The Bertz CT molecular complexity index is 438. The van der Waals surface area contributed by atoms with Gasteiger partial charge < -0.3 is 15.2 Å². The molecule has 0 spiro atoms. The number of amides is 1. The molecule has 1 aliphatic heterocycles. The maximum absolute atomic E-state index is 10.5. The van der Waals surface area contributed by atoms with Gasteiger partial charge in [-0.1, -0.05) is 11.8 Å². The topological polar surface area (TPSA) is 61.6 Å². The van der Waals surface area contributed by atoms with E-state index in [0.29, 0.717) is 13.2 Å². The summed E-state index contributed by atoms with van der Waals surface area (Å²) in [5.74, 6) is 5.16. The van der Waals surface area contributed by atoms with E-state index in [4.69, 9.17) is 15.2 Å². The summed E-state index contributed by atoms with van der Waals surface area (Å²) >= 11 is 1.54. The molecule has 0 radical (unpaired) electrons. The van der Waals surface area contributed by atoms with Crippen molar-refractivity contribution in [2.24, 2.45) is 5.73 Å². The predicted octanol–water partition coefficient (Wildman–Crippen LogP) is 1.02. The Morgan fingerprint density at radius 1 is 1.56 bits per heavy atom. The zero-order valence-corrected chi connectivity index (χ0v) is 9.38. The van der Waals surface area contributed by atoms with E-state index in [9.17, 15) is 4.79 Å². The van der Waals surface area contributed by atoms with Gasteiger partial charge >= 0.3 is 0 Å². The largest absolute Gasteiger partial charge is 0.369 e. The first kappa shape index (κ1) is 11.1. The Morgan fingerprint density at radius 3 is 3.00 bits per heavy atom. The fourth-order valence-corrected chi connectivity index (χ4v) is 2.13. The summed E-state index contributed by atoms with van der Waals surface area (Å²) < 4.78 is 10.7. The highest BCUT2D eigenvalue weighted by Crippen LogP contribution is 2.28. The van der Waals surface area contributed by atoms with Crippen LogP contribution in [0, 0.1) is 11.8 Å². The van der Waals surface area contributed by atoms with Crippen LogP contribution >= 0.6 is 11.3 Å². The number of carbonyl (C=O) groups excluding carboxylic acids is 1. The van der Waals surface area contributed by atoms with Crippen molar-refractivity contribution in [1.82, 2.24) is 0 Å². The molecule has 0 aromatic carbocycles. The Kier molecular flexibility index (Phi) is 3.57. The minimum atomic E-state index is -0.412. The molecule has 1 aliphatic rings.